The van der Waals surface area contributed by atoms with Gasteiger partial charge in [-0.2, -0.15) is 0 Å². The maximum absolute atomic E-state index is 12.5. The van der Waals surface area contributed by atoms with Crippen LogP contribution in [-0.2, 0) is 11.2 Å². The molecule has 2 atom stereocenters. The number of carbonyl (C=O) groups excluding carboxylic acids is 1. The second-order valence-electron chi connectivity index (χ2n) is 6.36. The molecule has 0 bridgehead atoms. The molecule has 0 spiro atoms. The van der Waals surface area contributed by atoms with E-state index < -0.39 is 0 Å². The topological polar surface area (TPSA) is 86.1 Å². The van der Waals surface area contributed by atoms with Gasteiger partial charge >= 0.3 is 0 Å². The molecule has 3 heterocycles. The van der Waals surface area contributed by atoms with Gasteiger partial charge in [-0.15, -0.1) is 0 Å². The molecule has 3 aromatic rings. The van der Waals surface area contributed by atoms with E-state index in [-0.39, 0.29) is 24.4 Å². The van der Waals surface area contributed by atoms with Gasteiger partial charge in [0.1, 0.15) is 5.76 Å². The number of aromatic nitrogens is 3. The van der Waals surface area contributed by atoms with Crippen LogP contribution < -0.4 is 5.32 Å². The van der Waals surface area contributed by atoms with E-state index in [4.69, 9.17) is 8.83 Å². The number of hydrogen-bond donors (Lipinski definition) is 1. The lowest BCUT2D eigenvalue weighted by Gasteiger charge is -2.22. The van der Waals surface area contributed by atoms with E-state index in [1.807, 2.05) is 19.4 Å². The number of amides is 1. The minimum Gasteiger partial charge on any atom is -0.459 e. The quantitative estimate of drug-likeness (QED) is 0.772. The fourth-order valence-electron chi connectivity index (χ4n) is 3.44. The van der Waals surface area contributed by atoms with Gasteiger partial charge in [-0.25, -0.2) is 9.97 Å². The smallest absolute Gasteiger partial charge is 0.263 e. The molecule has 0 radical (unpaired) electrons. The van der Waals surface area contributed by atoms with Gasteiger partial charge in [0, 0.05) is 18.4 Å². The number of rotatable bonds is 5. The highest BCUT2D eigenvalue weighted by Crippen LogP contribution is 2.30. The number of furan rings is 1. The predicted molar refractivity (Wildman–Crippen MR) is 89.7 cm³/mol. The summed E-state index contributed by atoms with van der Waals surface area (Å²) in [5, 5.41) is 3.14. The fourth-order valence-corrected chi connectivity index (χ4v) is 3.44. The van der Waals surface area contributed by atoms with Crippen LogP contribution in [0.4, 0.5) is 0 Å². The molecular weight excluding hydrogens is 320 g/mol. The molecule has 0 unspecified atom stereocenters. The number of imidazole rings is 1. The zero-order valence-corrected chi connectivity index (χ0v) is 14.0. The average Bonchev–Trinajstić information content (AvgIpc) is 3.35. The maximum Gasteiger partial charge on any atom is 0.263 e. The van der Waals surface area contributed by atoms with Crippen molar-refractivity contribution in [3.63, 3.8) is 0 Å². The summed E-state index contributed by atoms with van der Waals surface area (Å²) in [7, 11) is 0. The van der Waals surface area contributed by atoms with Crippen molar-refractivity contribution in [1.29, 1.82) is 0 Å². The van der Waals surface area contributed by atoms with E-state index in [2.05, 4.69) is 19.9 Å². The summed E-state index contributed by atoms with van der Waals surface area (Å²) in [5.74, 6) is 1.56. The van der Waals surface area contributed by atoms with Crippen molar-refractivity contribution >= 4 is 5.91 Å². The van der Waals surface area contributed by atoms with Gasteiger partial charge in [-0.3, -0.25) is 4.79 Å². The minimum absolute atomic E-state index is 0.0422. The van der Waals surface area contributed by atoms with Gasteiger partial charge in [0.05, 0.1) is 30.7 Å². The molecule has 1 aliphatic carbocycles. The van der Waals surface area contributed by atoms with E-state index >= 15 is 0 Å². The van der Waals surface area contributed by atoms with Crippen LogP contribution in [0.5, 0.6) is 0 Å². The Labute approximate surface area is 145 Å². The van der Waals surface area contributed by atoms with Crippen molar-refractivity contribution in [3.05, 3.63) is 48.6 Å². The highest BCUT2D eigenvalue weighted by atomic mass is 16.4. The molecule has 7 nitrogen and oxygen atoms in total. The summed E-state index contributed by atoms with van der Waals surface area (Å²) in [6, 6.07) is 3.95. The molecule has 130 valence electrons. The molecule has 1 N–H and O–H groups in total. The van der Waals surface area contributed by atoms with Crippen LogP contribution >= 0.6 is 0 Å². The van der Waals surface area contributed by atoms with E-state index in [0.29, 0.717) is 23.1 Å². The van der Waals surface area contributed by atoms with Crippen molar-refractivity contribution < 1.29 is 13.6 Å². The molecule has 0 aromatic carbocycles. The zero-order valence-electron chi connectivity index (χ0n) is 14.0. The van der Waals surface area contributed by atoms with E-state index in [0.717, 1.165) is 19.3 Å². The Morgan fingerprint density at radius 1 is 1.44 bits per heavy atom. The second-order valence-corrected chi connectivity index (χ2v) is 6.36. The molecular formula is C18H20N4O3. The highest BCUT2D eigenvalue weighted by molar-refractivity contribution is 5.78. The third-order valence-corrected chi connectivity index (χ3v) is 4.69. The number of oxazole rings is 1. The Balaban J connectivity index is 1.42. The molecule has 25 heavy (non-hydrogen) atoms. The molecule has 7 heteroatoms. The van der Waals surface area contributed by atoms with Crippen LogP contribution in [0.3, 0.4) is 0 Å². The van der Waals surface area contributed by atoms with Crippen LogP contribution in [0.1, 0.15) is 36.8 Å². The predicted octanol–water partition coefficient (Wildman–Crippen LogP) is 2.89. The molecule has 4 rings (SSSR count). The summed E-state index contributed by atoms with van der Waals surface area (Å²) < 4.78 is 13.0. The lowest BCUT2D eigenvalue weighted by molar-refractivity contribution is -0.121. The fraction of sp³-hybridized carbons (Fsp3) is 0.389. The highest BCUT2D eigenvalue weighted by Gasteiger charge is 2.30. The Hall–Kier alpha value is -2.83. The van der Waals surface area contributed by atoms with Crippen molar-refractivity contribution in [2.45, 2.75) is 44.7 Å². The van der Waals surface area contributed by atoms with Gasteiger partial charge in [-0.1, -0.05) is 0 Å². The first kappa shape index (κ1) is 15.7. The molecule has 1 aliphatic rings. The van der Waals surface area contributed by atoms with Crippen molar-refractivity contribution in [2.24, 2.45) is 0 Å². The summed E-state index contributed by atoms with van der Waals surface area (Å²) in [6.07, 6.45) is 10.4. The number of hydrogen-bond acceptors (Lipinski definition) is 5. The molecule has 1 fully saturated rings. The number of aryl methyl sites for hydroxylation is 1. The third kappa shape index (κ3) is 3.22. The Bertz CT molecular complexity index is 836. The zero-order chi connectivity index (χ0) is 17.2. The molecule has 0 saturated heterocycles. The summed E-state index contributed by atoms with van der Waals surface area (Å²) in [5.41, 5.74) is 0.640. The van der Waals surface area contributed by atoms with Crippen molar-refractivity contribution in [3.8, 4) is 11.7 Å². The van der Waals surface area contributed by atoms with Crippen LogP contribution in [-0.4, -0.2) is 26.5 Å². The van der Waals surface area contributed by atoms with E-state index in [1.54, 1.807) is 24.6 Å². The van der Waals surface area contributed by atoms with Gasteiger partial charge in [0.25, 0.3) is 5.89 Å². The lowest BCUT2D eigenvalue weighted by atomic mass is 10.1. The standard InChI is InChI=1S/C18H20N4O3/c1-12-14(21-18(25-12)16-6-3-9-24-16)10-17(23)20-13-4-2-5-15(13)22-8-7-19-11-22/h3,6-9,11,13,15H,2,4-5,10H2,1H3,(H,20,23)/t13-,15+/m1/s1. The van der Waals surface area contributed by atoms with Crippen molar-refractivity contribution in [1.82, 2.24) is 19.9 Å². The average molecular weight is 340 g/mol. The third-order valence-electron chi connectivity index (χ3n) is 4.69. The molecule has 1 amide bonds. The van der Waals surface area contributed by atoms with Crippen LogP contribution in [0, 0.1) is 6.92 Å². The Morgan fingerprint density at radius 3 is 3.12 bits per heavy atom. The van der Waals surface area contributed by atoms with Gasteiger partial charge < -0.3 is 18.7 Å². The lowest BCUT2D eigenvalue weighted by Crippen LogP contribution is -2.39. The number of nitrogens with one attached hydrogen (secondary N) is 1. The normalized spacial score (nSPS) is 20.0. The summed E-state index contributed by atoms with van der Waals surface area (Å²) in [4.78, 5) is 21.0. The monoisotopic (exact) mass is 340 g/mol. The second kappa shape index (κ2) is 6.58. The van der Waals surface area contributed by atoms with Gasteiger partial charge in [-0.05, 0) is 38.3 Å². The number of nitrogens with zero attached hydrogens (tertiary/aromatic N) is 3. The maximum atomic E-state index is 12.5. The molecule has 0 aliphatic heterocycles. The first-order valence-electron chi connectivity index (χ1n) is 8.47. The van der Waals surface area contributed by atoms with Crippen LogP contribution in [0.2, 0.25) is 0 Å². The molecule has 1 saturated carbocycles. The first-order chi connectivity index (χ1) is 12.2. The van der Waals surface area contributed by atoms with Crippen LogP contribution in [0.15, 0.2) is 46.0 Å². The molecule has 3 aromatic heterocycles. The summed E-state index contributed by atoms with van der Waals surface area (Å²) >= 11 is 0. The van der Waals surface area contributed by atoms with Crippen molar-refractivity contribution in [2.75, 3.05) is 0 Å². The Morgan fingerprint density at radius 2 is 2.36 bits per heavy atom. The minimum atomic E-state index is -0.0422. The summed E-state index contributed by atoms with van der Waals surface area (Å²) in [6.45, 7) is 1.81. The Kier molecular flexibility index (Phi) is 4.13. The van der Waals surface area contributed by atoms with E-state index in [9.17, 15) is 4.79 Å². The largest absolute Gasteiger partial charge is 0.459 e. The van der Waals surface area contributed by atoms with Crippen LogP contribution in [0.25, 0.3) is 11.7 Å². The van der Waals surface area contributed by atoms with E-state index in [1.165, 1.54) is 0 Å². The first-order valence-corrected chi connectivity index (χ1v) is 8.47. The van der Waals surface area contributed by atoms with Gasteiger partial charge in [0.15, 0.2) is 5.76 Å². The number of carbonyl (C=O) groups is 1. The SMILES string of the molecule is Cc1oc(-c2ccco2)nc1CC(=O)N[C@@H]1CCC[C@@H]1n1ccnc1. The van der Waals surface area contributed by atoms with Gasteiger partial charge in [0.2, 0.25) is 5.91 Å².